The predicted molar refractivity (Wildman–Crippen MR) is 87.5 cm³/mol. The monoisotopic (exact) mass is 387 g/mol. The van der Waals surface area contributed by atoms with E-state index in [4.69, 9.17) is 0 Å². The van der Waals surface area contributed by atoms with Crippen molar-refractivity contribution in [1.82, 2.24) is 14.1 Å². The third-order valence-corrected chi connectivity index (χ3v) is 6.56. The first kappa shape index (κ1) is 18.7. The van der Waals surface area contributed by atoms with Gasteiger partial charge in [-0.2, -0.15) is 4.31 Å². The molecular weight excluding hydrogens is 368 g/mol. The Bertz CT molecular complexity index is 803. The van der Waals surface area contributed by atoms with Gasteiger partial charge in [-0.15, -0.1) is 0 Å². The van der Waals surface area contributed by atoms with Crippen LogP contribution in [0.1, 0.15) is 12.8 Å². The molecule has 1 aromatic carbocycles. The average molecular weight is 387 g/mol. The lowest BCUT2D eigenvalue weighted by Gasteiger charge is -2.34. The minimum atomic E-state index is -4.32. The lowest BCUT2D eigenvalue weighted by atomic mass is 10.3. The predicted octanol–water partition coefficient (Wildman–Crippen LogP) is 0.420. The van der Waals surface area contributed by atoms with Crippen LogP contribution in [0.25, 0.3) is 0 Å². The first-order valence-electron chi connectivity index (χ1n) is 8.30. The van der Waals surface area contributed by atoms with Gasteiger partial charge in [0, 0.05) is 39.1 Å². The van der Waals surface area contributed by atoms with Crippen molar-refractivity contribution in [2.75, 3.05) is 39.3 Å². The number of halogens is 2. The van der Waals surface area contributed by atoms with Gasteiger partial charge >= 0.3 is 0 Å². The Labute approximate surface area is 150 Å². The van der Waals surface area contributed by atoms with E-state index in [1.165, 1.54) is 9.80 Å². The lowest BCUT2D eigenvalue weighted by Crippen LogP contribution is -2.52. The van der Waals surface area contributed by atoms with Crippen molar-refractivity contribution in [2.45, 2.75) is 17.7 Å². The Hall–Kier alpha value is -2.07. The summed E-state index contributed by atoms with van der Waals surface area (Å²) in [6.07, 6.45) is 1.17. The summed E-state index contributed by atoms with van der Waals surface area (Å²) in [7, 11) is -4.32. The smallest absolute Gasteiger partial charge is 0.249 e. The first-order chi connectivity index (χ1) is 12.3. The number of piperazine rings is 1. The van der Waals surface area contributed by atoms with E-state index in [2.05, 4.69) is 0 Å². The zero-order valence-electron chi connectivity index (χ0n) is 14.0. The van der Waals surface area contributed by atoms with Crippen molar-refractivity contribution in [2.24, 2.45) is 0 Å². The van der Waals surface area contributed by atoms with Crippen LogP contribution in [0.4, 0.5) is 8.78 Å². The number of carbonyl (C=O) groups is 2. The topological polar surface area (TPSA) is 78.0 Å². The standard InChI is InChI=1S/C16H19F2N3O4S/c17-12-3-1-4-13(18)16(12)26(24,25)21-9-7-19(8-10-21)15(23)11-20-6-2-5-14(20)22/h1,3-4H,2,5-11H2. The van der Waals surface area contributed by atoms with E-state index >= 15 is 0 Å². The van der Waals surface area contributed by atoms with Gasteiger partial charge in [-0.1, -0.05) is 6.07 Å². The highest BCUT2D eigenvalue weighted by Crippen LogP contribution is 2.23. The molecule has 0 unspecified atom stereocenters. The Balaban J connectivity index is 1.64. The summed E-state index contributed by atoms with van der Waals surface area (Å²) in [5.74, 6) is -2.60. The van der Waals surface area contributed by atoms with Gasteiger partial charge in [0.1, 0.15) is 11.6 Å². The number of rotatable bonds is 4. The van der Waals surface area contributed by atoms with Gasteiger partial charge in [-0.3, -0.25) is 9.59 Å². The fourth-order valence-electron chi connectivity index (χ4n) is 3.17. The fraction of sp³-hybridized carbons (Fsp3) is 0.500. The van der Waals surface area contributed by atoms with E-state index in [0.717, 1.165) is 28.9 Å². The highest BCUT2D eigenvalue weighted by Gasteiger charge is 2.34. The number of likely N-dealkylation sites (tertiary alicyclic amines) is 1. The summed E-state index contributed by atoms with van der Waals surface area (Å²) in [5, 5.41) is 0. The van der Waals surface area contributed by atoms with Gasteiger partial charge in [-0.25, -0.2) is 17.2 Å². The Morgan fingerprint density at radius 2 is 1.65 bits per heavy atom. The number of sulfonamides is 1. The molecule has 0 N–H and O–H groups in total. The number of benzene rings is 1. The van der Waals surface area contributed by atoms with E-state index in [0.29, 0.717) is 13.0 Å². The summed E-state index contributed by atoms with van der Waals surface area (Å²) in [4.78, 5) is 25.9. The van der Waals surface area contributed by atoms with Gasteiger partial charge in [0.15, 0.2) is 4.90 Å². The van der Waals surface area contributed by atoms with Gasteiger partial charge in [-0.05, 0) is 18.6 Å². The molecule has 0 atom stereocenters. The van der Waals surface area contributed by atoms with Gasteiger partial charge in [0.2, 0.25) is 21.8 Å². The van der Waals surface area contributed by atoms with Crippen LogP contribution in [0.3, 0.4) is 0 Å². The van der Waals surface area contributed by atoms with Crippen LogP contribution in [0.5, 0.6) is 0 Å². The number of hydrogen-bond donors (Lipinski definition) is 0. The molecule has 1 aromatic rings. The summed E-state index contributed by atoms with van der Waals surface area (Å²) in [6.45, 7) is 0.622. The van der Waals surface area contributed by atoms with Crippen molar-refractivity contribution in [3.8, 4) is 0 Å². The molecule has 2 aliphatic rings. The van der Waals surface area contributed by atoms with Gasteiger partial charge in [0.05, 0.1) is 6.54 Å². The quantitative estimate of drug-likeness (QED) is 0.750. The maximum absolute atomic E-state index is 13.8. The molecule has 3 rings (SSSR count). The molecule has 0 aromatic heterocycles. The first-order valence-corrected chi connectivity index (χ1v) is 9.74. The van der Waals surface area contributed by atoms with E-state index in [-0.39, 0.29) is 44.5 Å². The zero-order valence-corrected chi connectivity index (χ0v) is 14.8. The summed E-state index contributed by atoms with van der Waals surface area (Å²) in [6, 6.07) is 2.88. The second kappa shape index (κ2) is 7.28. The van der Waals surface area contributed by atoms with Gasteiger partial charge in [0.25, 0.3) is 0 Å². The minimum absolute atomic E-state index is 0.0203. The number of hydrogen-bond acceptors (Lipinski definition) is 4. The normalized spacial score (nSPS) is 19.2. The molecule has 142 valence electrons. The van der Waals surface area contributed by atoms with E-state index in [9.17, 15) is 26.8 Å². The van der Waals surface area contributed by atoms with E-state index < -0.39 is 26.6 Å². The Kier molecular flexibility index (Phi) is 5.24. The summed E-state index contributed by atoms with van der Waals surface area (Å²) < 4.78 is 53.6. The maximum atomic E-state index is 13.8. The number of nitrogens with zero attached hydrogens (tertiary/aromatic N) is 3. The highest BCUT2D eigenvalue weighted by molar-refractivity contribution is 7.89. The Morgan fingerprint density at radius 1 is 1.04 bits per heavy atom. The molecule has 2 fully saturated rings. The van der Waals surface area contributed by atoms with Crippen molar-refractivity contribution >= 4 is 21.8 Å². The third kappa shape index (κ3) is 3.56. The highest BCUT2D eigenvalue weighted by atomic mass is 32.2. The average Bonchev–Trinajstić information content (AvgIpc) is 2.99. The molecule has 0 spiro atoms. The molecule has 2 heterocycles. The SMILES string of the molecule is O=C(CN1CCCC1=O)N1CCN(S(=O)(=O)c2c(F)cccc2F)CC1. The van der Waals surface area contributed by atoms with Crippen LogP contribution in [-0.4, -0.2) is 73.6 Å². The van der Waals surface area contributed by atoms with Crippen molar-refractivity contribution in [3.05, 3.63) is 29.8 Å². The van der Waals surface area contributed by atoms with Crippen LogP contribution >= 0.6 is 0 Å². The number of amides is 2. The molecular formula is C16H19F2N3O4S. The molecule has 0 radical (unpaired) electrons. The molecule has 0 bridgehead atoms. The molecule has 2 saturated heterocycles. The van der Waals surface area contributed by atoms with Crippen molar-refractivity contribution < 1.29 is 26.8 Å². The van der Waals surface area contributed by atoms with Crippen molar-refractivity contribution in [3.63, 3.8) is 0 Å². The fourth-order valence-corrected chi connectivity index (χ4v) is 4.70. The molecule has 10 heteroatoms. The molecule has 0 aliphatic carbocycles. The van der Waals surface area contributed by atoms with E-state index in [1.54, 1.807) is 0 Å². The second-order valence-corrected chi connectivity index (χ2v) is 8.13. The van der Waals surface area contributed by atoms with Crippen molar-refractivity contribution in [1.29, 1.82) is 0 Å². The molecule has 2 amide bonds. The second-order valence-electron chi connectivity index (χ2n) is 6.25. The van der Waals surface area contributed by atoms with Crippen LogP contribution < -0.4 is 0 Å². The summed E-state index contributed by atoms with van der Waals surface area (Å²) in [5.41, 5.74) is 0. The third-order valence-electron chi connectivity index (χ3n) is 4.61. The van der Waals surface area contributed by atoms with Crippen LogP contribution in [-0.2, 0) is 19.6 Å². The van der Waals surface area contributed by atoms with Gasteiger partial charge < -0.3 is 9.80 Å². The van der Waals surface area contributed by atoms with Crippen LogP contribution in [0.15, 0.2) is 23.1 Å². The lowest BCUT2D eigenvalue weighted by molar-refractivity contribution is -0.139. The largest absolute Gasteiger partial charge is 0.339 e. The summed E-state index contributed by atoms with van der Waals surface area (Å²) >= 11 is 0. The maximum Gasteiger partial charge on any atom is 0.249 e. The van der Waals surface area contributed by atoms with Crippen LogP contribution in [0, 0.1) is 11.6 Å². The molecule has 2 aliphatic heterocycles. The zero-order chi connectivity index (χ0) is 18.9. The minimum Gasteiger partial charge on any atom is -0.339 e. The Morgan fingerprint density at radius 3 is 2.19 bits per heavy atom. The van der Waals surface area contributed by atoms with E-state index in [1.807, 2.05) is 0 Å². The number of carbonyl (C=O) groups excluding carboxylic acids is 2. The van der Waals surface area contributed by atoms with Crippen LogP contribution in [0.2, 0.25) is 0 Å². The molecule has 7 nitrogen and oxygen atoms in total. The molecule has 26 heavy (non-hydrogen) atoms. The molecule has 0 saturated carbocycles.